The van der Waals surface area contributed by atoms with E-state index in [1.54, 1.807) is 23.6 Å². The van der Waals surface area contributed by atoms with Crippen LogP contribution in [0.3, 0.4) is 0 Å². The molecule has 0 atom stereocenters. The fourth-order valence-electron chi connectivity index (χ4n) is 1.26. The first-order valence-electron chi connectivity index (χ1n) is 5.06. The lowest BCUT2D eigenvalue weighted by Gasteiger charge is -1.94. The molecular weight excluding hydrogens is 236 g/mol. The highest BCUT2D eigenvalue weighted by Gasteiger charge is 2.07. The molecule has 0 fully saturated rings. The smallest absolute Gasteiger partial charge is 0.282 e. The third-order valence-electron chi connectivity index (χ3n) is 2.19. The number of hydrazone groups is 1. The zero-order chi connectivity index (χ0) is 12.3. The van der Waals surface area contributed by atoms with E-state index < -0.39 is 0 Å². The molecule has 2 rings (SSSR count). The fourth-order valence-corrected chi connectivity index (χ4v) is 2.04. The van der Waals surface area contributed by atoms with E-state index in [4.69, 9.17) is 0 Å². The lowest BCUT2D eigenvalue weighted by Crippen LogP contribution is -2.17. The molecule has 0 radical (unpaired) electrons. The molecule has 0 aliphatic heterocycles. The predicted octanol–water partition coefficient (Wildman–Crippen LogP) is 1.85. The van der Waals surface area contributed by atoms with Crippen LogP contribution in [0.25, 0.3) is 0 Å². The number of hydrogen-bond acceptors (Lipinski definition) is 4. The monoisotopic (exact) mass is 248 g/mol. The molecular formula is C11H12N4OS. The van der Waals surface area contributed by atoms with E-state index >= 15 is 0 Å². The molecule has 88 valence electrons. The quantitative estimate of drug-likeness (QED) is 0.643. The lowest BCUT2D eigenvalue weighted by molar-refractivity contribution is 0.0950. The van der Waals surface area contributed by atoms with Crippen molar-refractivity contribution < 1.29 is 4.79 Å². The van der Waals surface area contributed by atoms with Gasteiger partial charge >= 0.3 is 0 Å². The Balaban J connectivity index is 1.97. The summed E-state index contributed by atoms with van der Waals surface area (Å²) in [4.78, 5) is 12.6. The van der Waals surface area contributed by atoms with Gasteiger partial charge in [-0.1, -0.05) is 0 Å². The first kappa shape index (κ1) is 11.5. The number of aromatic nitrogens is 2. The molecule has 0 bridgehead atoms. The summed E-state index contributed by atoms with van der Waals surface area (Å²) in [6, 6.07) is 3.67. The molecule has 2 N–H and O–H groups in total. The van der Waals surface area contributed by atoms with E-state index in [0.717, 1.165) is 16.1 Å². The van der Waals surface area contributed by atoms with Crippen LogP contribution in [-0.2, 0) is 0 Å². The van der Waals surface area contributed by atoms with Crippen LogP contribution in [0.15, 0.2) is 22.6 Å². The zero-order valence-corrected chi connectivity index (χ0v) is 10.3. The molecule has 0 saturated heterocycles. The van der Waals surface area contributed by atoms with Gasteiger partial charge < -0.3 is 0 Å². The van der Waals surface area contributed by atoms with E-state index in [-0.39, 0.29) is 5.91 Å². The van der Waals surface area contributed by atoms with Crippen molar-refractivity contribution in [2.45, 2.75) is 13.8 Å². The molecule has 2 aromatic rings. The number of nitrogens with one attached hydrogen (secondary N) is 2. The minimum atomic E-state index is -0.320. The molecule has 2 aromatic heterocycles. The van der Waals surface area contributed by atoms with Gasteiger partial charge in [-0.25, -0.2) is 5.43 Å². The second-order valence-electron chi connectivity index (χ2n) is 3.60. The maximum Gasteiger partial charge on any atom is 0.291 e. The molecule has 17 heavy (non-hydrogen) atoms. The number of H-pyrrole nitrogens is 1. The Bertz CT molecular complexity index is 555. The van der Waals surface area contributed by atoms with Crippen molar-refractivity contribution in [1.29, 1.82) is 0 Å². The lowest BCUT2D eigenvalue weighted by atomic mass is 10.3. The highest BCUT2D eigenvalue weighted by atomic mass is 32.1. The van der Waals surface area contributed by atoms with Gasteiger partial charge in [-0.15, -0.1) is 11.3 Å². The molecule has 5 nitrogen and oxygen atoms in total. The van der Waals surface area contributed by atoms with Crippen molar-refractivity contribution in [2.75, 3.05) is 0 Å². The van der Waals surface area contributed by atoms with E-state index in [1.807, 2.05) is 25.3 Å². The second-order valence-corrected chi connectivity index (χ2v) is 4.55. The van der Waals surface area contributed by atoms with Gasteiger partial charge in [0.25, 0.3) is 5.91 Å². The van der Waals surface area contributed by atoms with Crippen LogP contribution in [0, 0.1) is 13.8 Å². The molecule has 0 unspecified atom stereocenters. The van der Waals surface area contributed by atoms with Gasteiger partial charge in [-0.3, -0.25) is 9.89 Å². The molecule has 0 aliphatic rings. The van der Waals surface area contributed by atoms with Gasteiger partial charge in [0.2, 0.25) is 0 Å². The number of hydrogen-bond donors (Lipinski definition) is 2. The molecule has 0 spiro atoms. The zero-order valence-electron chi connectivity index (χ0n) is 9.52. The number of aromatic amines is 1. The summed E-state index contributed by atoms with van der Waals surface area (Å²) >= 11 is 1.58. The van der Waals surface area contributed by atoms with E-state index in [1.165, 1.54) is 0 Å². The largest absolute Gasteiger partial charge is 0.291 e. The highest BCUT2D eigenvalue weighted by molar-refractivity contribution is 7.11. The normalized spacial score (nSPS) is 10.9. The van der Waals surface area contributed by atoms with Crippen LogP contribution < -0.4 is 5.43 Å². The fraction of sp³-hybridized carbons (Fsp3) is 0.182. The van der Waals surface area contributed by atoms with Gasteiger partial charge in [0.1, 0.15) is 0 Å². The summed E-state index contributed by atoms with van der Waals surface area (Å²) in [6.45, 7) is 3.83. The summed E-state index contributed by atoms with van der Waals surface area (Å²) < 4.78 is 0. The number of thiophene rings is 1. The third kappa shape index (κ3) is 2.79. The van der Waals surface area contributed by atoms with Crippen LogP contribution in [0.5, 0.6) is 0 Å². The van der Waals surface area contributed by atoms with Crippen molar-refractivity contribution in [3.05, 3.63) is 39.3 Å². The molecule has 6 heteroatoms. The minimum absolute atomic E-state index is 0.320. The number of amides is 1. The minimum Gasteiger partial charge on any atom is -0.282 e. The molecule has 0 saturated carbocycles. The van der Waals surface area contributed by atoms with Crippen molar-refractivity contribution in [2.24, 2.45) is 5.10 Å². The maximum absolute atomic E-state index is 11.6. The van der Waals surface area contributed by atoms with E-state index in [2.05, 4.69) is 20.7 Å². The number of nitrogens with zero attached hydrogens (tertiary/aromatic N) is 2. The molecule has 0 aliphatic carbocycles. The topological polar surface area (TPSA) is 70.1 Å². The Labute approximate surface area is 103 Å². The average molecular weight is 248 g/mol. The third-order valence-corrected chi connectivity index (χ3v) is 3.14. The Kier molecular flexibility index (Phi) is 3.34. The van der Waals surface area contributed by atoms with Gasteiger partial charge in [-0.05, 0) is 36.9 Å². The van der Waals surface area contributed by atoms with Crippen LogP contribution >= 0.6 is 11.3 Å². The van der Waals surface area contributed by atoms with Crippen molar-refractivity contribution in [1.82, 2.24) is 15.6 Å². The van der Waals surface area contributed by atoms with Crippen molar-refractivity contribution >= 4 is 23.5 Å². The van der Waals surface area contributed by atoms with Crippen LogP contribution in [0.1, 0.15) is 26.6 Å². The number of aryl methyl sites for hydroxylation is 2. The predicted molar refractivity (Wildman–Crippen MR) is 67.4 cm³/mol. The first-order chi connectivity index (χ1) is 8.16. The molecule has 2 heterocycles. The Morgan fingerprint density at radius 1 is 1.59 bits per heavy atom. The molecule has 0 aromatic carbocycles. The SMILES string of the molecule is Cc1cc(C(=O)NN=Cc2sccc2C)n[nH]1. The Morgan fingerprint density at radius 2 is 2.41 bits per heavy atom. The summed E-state index contributed by atoms with van der Waals surface area (Å²) in [5.74, 6) is -0.320. The van der Waals surface area contributed by atoms with Crippen LogP contribution in [0.4, 0.5) is 0 Å². The maximum atomic E-state index is 11.6. The summed E-state index contributed by atoms with van der Waals surface area (Å²) in [5.41, 5.74) is 4.75. The number of rotatable bonds is 3. The van der Waals surface area contributed by atoms with E-state index in [0.29, 0.717) is 5.69 Å². The number of carbonyl (C=O) groups excluding carboxylic acids is 1. The summed E-state index contributed by atoms with van der Waals surface area (Å²) in [7, 11) is 0. The number of carbonyl (C=O) groups is 1. The second kappa shape index (κ2) is 4.92. The Hall–Kier alpha value is -1.95. The summed E-state index contributed by atoms with van der Waals surface area (Å²) in [6.07, 6.45) is 1.64. The van der Waals surface area contributed by atoms with E-state index in [9.17, 15) is 4.79 Å². The standard InChI is InChI=1S/C11H12N4OS/c1-7-3-4-17-10(7)6-12-15-11(16)9-5-8(2)13-14-9/h3-6H,1-2H3,(H,13,14)(H,15,16). The van der Waals surface area contributed by atoms with Crippen molar-refractivity contribution in [3.63, 3.8) is 0 Å². The first-order valence-corrected chi connectivity index (χ1v) is 5.94. The van der Waals surface area contributed by atoms with Crippen LogP contribution in [-0.4, -0.2) is 22.3 Å². The average Bonchev–Trinajstić information content (AvgIpc) is 2.88. The van der Waals surface area contributed by atoms with Gasteiger partial charge in [0.05, 0.1) is 6.21 Å². The van der Waals surface area contributed by atoms with Crippen LogP contribution in [0.2, 0.25) is 0 Å². The van der Waals surface area contributed by atoms with Gasteiger partial charge in [0, 0.05) is 10.6 Å². The molecule has 1 amide bonds. The van der Waals surface area contributed by atoms with Gasteiger partial charge in [-0.2, -0.15) is 10.2 Å². The van der Waals surface area contributed by atoms with Crippen molar-refractivity contribution in [3.8, 4) is 0 Å². The van der Waals surface area contributed by atoms with Gasteiger partial charge in [0.15, 0.2) is 5.69 Å². The highest BCUT2D eigenvalue weighted by Crippen LogP contribution is 2.12. The summed E-state index contributed by atoms with van der Waals surface area (Å²) in [5, 5.41) is 12.4. The Morgan fingerprint density at radius 3 is 3.00 bits per heavy atom.